The molecular weight excluding hydrogens is 336 g/mol. The molecule has 2 aromatic carbocycles. The van der Waals surface area contributed by atoms with E-state index < -0.39 is 0 Å². The molecule has 0 spiro atoms. The zero-order chi connectivity index (χ0) is 18.1. The fourth-order valence-electron chi connectivity index (χ4n) is 3.26. The molecule has 26 heavy (non-hydrogen) atoms. The lowest BCUT2D eigenvalue weighted by Crippen LogP contribution is -2.49. The minimum atomic E-state index is -0.359. The van der Waals surface area contributed by atoms with Gasteiger partial charge in [0.1, 0.15) is 11.6 Å². The predicted octanol–water partition coefficient (Wildman–Crippen LogP) is 3.48. The summed E-state index contributed by atoms with van der Waals surface area (Å²) in [6.07, 6.45) is 1.52. The van der Waals surface area contributed by atoms with Gasteiger partial charge in [-0.3, -0.25) is 9.78 Å². The normalized spacial score (nSPS) is 14.7. The number of carbonyl (C=O) groups is 1. The van der Waals surface area contributed by atoms with Gasteiger partial charge in [-0.2, -0.15) is 0 Å². The summed E-state index contributed by atoms with van der Waals surface area (Å²) < 4.78 is 27.3. The van der Waals surface area contributed by atoms with Gasteiger partial charge >= 0.3 is 0 Å². The third kappa shape index (κ3) is 3.10. The summed E-state index contributed by atoms with van der Waals surface area (Å²) in [6, 6.07) is 12.6. The zero-order valence-corrected chi connectivity index (χ0v) is 14.0. The molecule has 1 aliphatic rings. The molecule has 2 heterocycles. The first kappa shape index (κ1) is 16.4. The van der Waals surface area contributed by atoms with Gasteiger partial charge in [0.2, 0.25) is 0 Å². The van der Waals surface area contributed by atoms with E-state index in [0.717, 1.165) is 0 Å². The van der Waals surface area contributed by atoms with Crippen LogP contribution in [0.2, 0.25) is 0 Å². The molecule has 1 aliphatic heterocycles. The Balaban J connectivity index is 1.49. The van der Waals surface area contributed by atoms with Gasteiger partial charge in [-0.05, 0) is 36.4 Å². The van der Waals surface area contributed by atoms with Gasteiger partial charge in [0.05, 0.1) is 16.8 Å². The third-order valence-electron chi connectivity index (χ3n) is 4.65. The van der Waals surface area contributed by atoms with Crippen molar-refractivity contribution in [3.05, 3.63) is 71.9 Å². The number of pyridine rings is 1. The van der Waals surface area contributed by atoms with E-state index in [4.69, 9.17) is 0 Å². The van der Waals surface area contributed by atoms with Gasteiger partial charge in [-0.15, -0.1) is 0 Å². The monoisotopic (exact) mass is 353 g/mol. The van der Waals surface area contributed by atoms with Gasteiger partial charge in [0, 0.05) is 37.8 Å². The van der Waals surface area contributed by atoms with Crippen LogP contribution in [0.15, 0.2) is 54.7 Å². The number of nitrogens with zero attached hydrogens (tertiary/aromatic N) is 3. The number of aromatic nitrogens is 1. The van der Waals surface area contributed by atoms with E-state index in [0.29, 0.717) is 48.3 Å². The fourth-order valence-corrected chi connectivity index (χ4v) is 3.26. The van der Waals surface area contributed by atoms with Crippen molar-refractivity contribution in [2.75, 3.05) is 31.1 Å². The largest absolute Gasteiger partial charge is 0.366 e. The summed E-state index contributed by atoms with van der Waals surface area (Å²) in [7, 11) is 0. The number of piperazine rings is 1. The molecule has 132 valence electrons. The molecule has 0 bridgehead atoms. The van der Waals surface area contributed by atoms with Crippen molar-refractivity contribution in [1.29, 1.82) is 0 Å². The lowest BCUT2D eigenvalue weighted by Gasteiger charge is -2.36. The maximum Gasteiger partial charge on any atom is 0.255 e. The molecule has 0 radical (unpaired) electrons. The van der Waals surface area contributed by atoms with Gasteiger partial charge in [-0.25, -0.2) is 8.78 Å². The van der Waals surface area contributed by atoms with Crippen molar-refractivity contribution in [1.82, 2.24) is 9.88 Å². The Morgan fingerprint density at radius 2 is 1.73 bits per heavy atom. The number of rotatable bonds is 2. The first-order valence-corrected chi connectivity index (χ1v) is 8.46. The molecule has 6 heteroatoms. The highest BCUT2D eigenvalue weighted by Gasteiger charge is 2.23. The summed E-state index contributed by atoms with van der Waals surface area (Å²) in [6.45, 7) is 2.10. The van der Waals surface area contributed by atoms with Crippen LogP contribution in [0.1, 0.15) is 10.4 Å². The number of amides is 1. The molecule has 1 saturated heterocycles. The van der Waals surface area contributed by atoms with Crippen molar-refractivity contribution < 1.29 is 13.6 Å². The van der Waals surface area contributed by atoms with Crippen LogP contribution in [-0.2, 0) is 0 Å². The molecular formula is C20H17F2N3O. The molecule has 3 aromatic rings. The van der Waals surface area contributed by atoms with Crippen LogP contribution in [0.4, 0.5) is 14.5 Å². The van der Waals surface area contributed by atoms with E-state index >= 15 is 0 Å². The summed E-state index contributed by atoms with van der Waals surface area (Å²) in [5, 5.41) is 0.598. The predicted molar refractivity (Wildman–Crippen MR) is 96.2 cm³/mol. The van der Waals surface area contributed by atoms with Crippen molar-refractivity contribution in [2.24, 2.45) is 0 Å². The molecule has 1 amide bonds. The van der Waals surface area contributed by atoms with Crippen molar-refractivity contribution >= 4 is 22.5 Å². The van der Waals surface area contributed by atoms with Crippen molar-refractivity contribution in [3.63, 3.8) is 0 Å². The number of anilines is 1. The second kappa shape index (κ2) is 6.71. The molecule has 4 nitrogen and oxygen atoms in total. The fraction of sp³-hybridized carbons (Fsp3) is 0.200. The quantitative estimate of drug-likeness (QED) is 0.708. The molecule has 0 saturated carbocycles. The van der Waals surface area contributed by atoms with Gasteiger partial charge in [0.15, 0.2) is 0 Å². The molecule has 0 unspecified atom stereocenters. The molecule has 0 N–H and O–H groups in total. The first-order chi connectivity index (χ1) is 12.6. The van der Waals surface area contributed by atoms with Crippen LogP contribution in [0.25, 0.3) is 10.9 Å². The average molecular weight is 353 g/mol. The van der Waals surface area contributed by atoms with E-state index in [2.05, 4.69) is 4.98 Å². The lowest BCUT2D eigenvalue weighted by molar-refractivity contribution is 0.0746. The minimum absolute atomic E-state index is 0.142. The van der Waals surface area contributed by atoms with Crippen LogP contribution >= 0.6 is 0 Å². The number of halogens is 2. The lowest BCUT2D eigenvalue weighted by atomic mass is 10.1. The van der Waals surface area contributed by atoms with Crippen LogP contribution in [0.5, 0.6) is 0 Å². The van der Waals surface area contributed by atoms with E-state index in [9.17, 15) is 13.6 Å². The molecule has 1 aromatic heterocycles. The molecule has 1 fully saturated rings. The summed E-state index contributed by atoms with van der Waals surface area (Å²) >= 11 is 0. The van der Waals surface area contributed by atoms with Crippen LogP contribution in [0, 0.1) is 11.6 Å². The standard InChI is InChI=1S/C20H17F2N3O/c21-16-5-6-18-14(12-16)11-15(13-23-18)20(26)25-9-7-24(8-10-25)19-4-2-1-3-17(19)22/h1-6,11-13H,7-10H2. The number of carbonyl (C=O) groups excluding carboxylic acids is 1. The SMILES string of the molecule is O=C(c1cnc2ccc(F)cc2c1)N1CCN(c2ccccc2F)CC1. The number of hydrogen-bond donors (Lipinski definition) is 0. The first-order valence-electron chi connectivity index (χ1n) is 8.46. The van der Waals surface area contributed by atoms with Gasteiger partial charge in [-0.1, -0.05) is 12.1 Å². The van der Waals surface area contributed by atoms with E-state index in [1.165, 1.54) is 24.4 Å². The van der Waals surface area contributed by atoms with Gasteiger partial charge < -0.3 is 9.80 Å². The maximum atomic E-state index is 13.9. The van der Waals surface area contributed by atoms with E-state index in [1.54, 1.807) is 35.2 Å². The smallest absolute Gasteiger partial charge is 0.255 e. The second-order valence-electron chi connectivity index (χ2n) is 6.29. The number of para-hydroxylation sites is 1. The minimum Gasteiger partial charge on any atom is -0.366 e. The third-order valence-corrected chi connectivity index (χ3v) is 4.65. The second-order valence-corrected chi connectivity index (χ2v) is 6.29. The number of fused-ring (bicyclic) bond motifs is 1. The van der Waals surface area contributed by atoms with Crippen molar-refractivity contribution in [2.45, 2.75) is 0 Å². The molecule has 4 rings (SSSR count). The number of benzene rings is 2. The molecule has 0 atom stereocenters. The Hall–Kier alpha value is -3.02. The highest BCUT2D eigenvalue weighted by Crippen LogP contribution is 2.21. The van der Waals surface area contributed by atoms with Crippen LogP contribution < -0.4 is 4.90 Å². The number of hydrogen-bond acceptors (Lipinski definition) is 3. The highest BCUT2D eigenvalue weighted by molar-refractivity contribution is 5.97. The van der Waals surface area contributed by atoms with Crippen molar-refractivity contribution in [3.8, 4) is 0 Å². The van der Waals surface area contributed by atoms with Crippen LogP contribution in [-0.4, -0.2) is 42.0 Å². The molecule has 0 aliphatic carbocycles. The Morgan fingerprint density at radius 3 is 2.50 bits per heavy atom. The average Bonchev–Trinajstić information content (AvgIpc) is 2.67. The Bertz CT molecular complexity index is 968. The zero-order valence-electron chi connectivity index (χ0n) is 14.0. The summed E-state index contributed by atoms with van der Waals surface area (Å²) in [4.78, 5) is 20.6. The van der Waals surface area contributed by atoms with E-state index in [-0.39, 0.29) is 17.5 Å². The highest BCUT2D eigenvalue weighted by atomic mass is 19.1. The Labute approximate surface area is 149 Å². The Morgan fingerprint density at radius 1 is 0.962 bits per heavy atom. The Kier molecular flexibility index (Phi) is 4.24. The topological polar surface area (TPSA) is 36.4 Å². The van der Waals surface area contributed by atoms with E-state index in [1.807, 2.05) is 4.90 Å². The van der Waals surface area contributed by atoms with Gasteiger partial charge in [0.25, 0.3) is 5.91 Å². The maximum absolute atomic E-state index is 13.9. The van der Waals surface area contributed by atoms with Crippen LogP contribution in [0.3, 0.4) is 0 Å². The summed E-state index contributed by atoms with van der Waals surface area (Å²) in [5.41, 5.74) is 1.64. The summed E-state index contributed by atoms with van der Waals surface area (Å²) in [5.74, 6) is -0.757.